The molecule has 0 aliphatic carbocycles. The molecule has 5 nitrogen and oxygen atoms in total. The van der Waals surface area contributed by atoms with Crippen molar-refractivity contribution >= 4 is 5.97 Å². The lowest BCUT2D eigenvalue weighted by atomic mass is 10.6. The number of hydrogen-bond acceptors (Lipinski definition) is 4. The maximum absolute atomic E-state index is 10.6. The Bertz CT molecular complexity index is 207. The van der Waals surface area contributed by atoms with E-state index in [1.54, 1.807) is 6.20 Å². The summed E-state index contributed by atoms with van der Waals surface area (Å²) in [4.78, 5) is 10.6. The molecule has 0 N–H and O–H groups in total. The molecule has 0 fully saturated rings. The summed E-state index contributed by atoms with van der Waals surface area (Å²) < 4.78 is 5.79. The zero-order chi connectivity index (χ0) is 7.40. The fourth-order valence-corrected chi connectivity index (χ4v) is 0.514. The second-order valence-electron chi connectivity index (χ2n) is 1.68. The van der Waals surface area contributed by atoms with E-state index in [0.717, 1.165) is 0 Å². The molecule has 0 saturated heterocycles. The van der Waals surface area contributed by atoms with Gasteiger partial charge in [-0.25, -0.2) is 4.68 Å². The summed E-state index contributed by atoms with van der Waals surface area (Å²) >= 11 is 0. The Labute approximate surface area is 57.6 Å². The van der Waals surface area contributed by atoms with Gasteiger partial charge in [0.15, 0.2) is 0 Å². The van der Waals surface area contributed by atoms with Crippen LogP contribution in [-0.4, -0.2) is 28.1 Å². The van der Waals surface area contributed by atoms with Gasteiger partial charge in [-0.05, 0) is 0 Å². The van der Waals surface area contributed by atoms with Gasteiger partial charge in [0.1, 0.15) is 6.54 Å². The summed E-state index contributed by atoms with van der Waals surface area (Å²) in [5.41, 5.74) is 0. The normalized spacial score (nSPS) is 9.30. The van der Waals surface area contributed by atoms with Gasteiger partial charge in [-0.15, -0.1) is 5.10 Å². The lowest BCUT2D eigenvalue weighted by Crippen LogP contribution is -2.11. The van der Waals surface area contributed by atoms with Crippen LogP contribution in [-0.2, 0) is 16.1 Å². The molecule has 10 heavy (non-hydrogen) atoms. The number of ether oxygens (including phenoxy) is 1. The molecular weight excluding hydrogens is 134 g/mol. The van der Waals surface area contributed by atoms with Gasteiger partial charge in [-0.2, -0.15) is 0 Å². The fraction of sp³-hybridized carbons (Fsp3) is 0.400. The lowest BCUT2D eigenvalue weighted by molar-refractivity contribution is -0.141. The zero-order valence-corrected chi connectivity index (χ0v) is 5.52. The molecule has 0 unspecified atom stereocenters. The largest absolute Gasteiger partial charge is 0.468 e. The predicted octanol–water partition coefficient (Wildman–Crippen LogP) is -0.549. The number of carbonyl (C=O) groups excluding carboxylic acids is 1. The van der Waals surface area contributed by atoms with Crippen molar-refractivity contribution in [1.82, 2.24) is 15.0 Å². The van der Waals surface area contributed by atoms with E-state index < -0.39 is 0 Å². The van der Waals surface area contributed by atoms with Crippen LogP contribution in [0.1, 0.15) is 0 Å². The van der Waals surface area contributed by atoms with Gasteiger partial charge in [-0.1, -0.05) is 5.21 Å². The number of nitrogens with zero attached hydrogens (tertiary/aromatic N) is 3. The Hall–Kier alpha value is -1.39. The van der Waals surface area contributed by atoms with Gasteiger partial charge in [-0.3, -0.25) is 4.79 Å². The maximum atomic E-state index is 10.6. The SMILES string of the molecule is COC(=O)Cn1ccnn1. The number of hydrogen-bond donors (Lipinski definition) is 0. The van der Waals surface area contributed by atoms with Crippen molar-refractivity contribution in [3.63, 3.8) is 0 Å². The zero-order valence-electron chi connectivity index (χ0n) is 5.52. The Morgan fingerprint density at radius 1 is 1.80 bits per heavy atom. The Morgan fingerprint density at radius 2 is 2.60 bits per heavy atom. The van der Waals surface area contributed by atoms with Gasteiger partial charge in [0.2, 0.25) is 0 Å². The highest BCUT2D eigenvalue weighted by Gasteiger charge is 1.99. The van der Waals surface area contributed by atoms with Crippen LogP contribution in [0.25, 0.3) is 0 Å². The number of aromatic nitrogens is 3. The third kappa shape index (κ3) is 1.54. The van der Waals surface area contributed by atoms with E-state index in [2.05, 4.69) is 15.0 Å². The minimum atomic E-state index is -0.328. The molecule has 0 bridgehead atoms. The molecule has 1 rings (SSSR count). The fourth-order valence-electron chi connectivity index (χ4n) is 0.514. The standard InChI is InChI=1S/C5H7N3O2/c1-10-5(9)4-8-3-2-6-7-8/h2-3H,4H2,1H3. The maximum Gasteiger partial charge on any atom is 0.327 e. The summed E-state index contributed by atoms with van der Waals surface area (Å²) in [7, 11) is 1.33. The van der Waals surface area contributed by atoms with Gasteiger partial charge in [0.25, 0.3) is 0 Å². The molecule has 0 spiro atoms. The number of carbonyl (C=O) groups is 1. The number of methoxy groups -OCH3 is 1. The first-order valence-electron chi connectivity index (χ1n) is 2.74. The molecule has 0 atom stereocenters. The number of rotatable bonds is 2. The van der Waals surface area contributed by atoms with Crippen molar-refractivity contribution in [3.05, 3.63) is 12.4 Å². The quantitative estimate of drug-likeness (QED) is 0.518. The van der Waals surface area contributed by atoms with Crippen molar-refractivity contribution in [2.24, 2.45) is 0 Å². The van der Waals surface area contributed by atoms with Crippen molar-refractivity contribution in [3.8, 4) is 0 Å². The summed E-state index contributed by atoms with van der Waals surface area (Å²) in [6.45, 7) is 0.122. The van der Waals surface area contributed by atoms with E-state index >= 15 is 0 Å². The lowest BCUT2D eigenvalue weighted by Gasteiger charge is -1.95. The highest BCUT2D eigenvalue weighted by atomic mass is 16.5. The smallest absolute Gasteiger partial charge is 0.327 e. The first kappa shape index (κ1) is 6.73. The Balaban J connectivity index is 2.48. The molecule has 0 aromatic carbocycles. The molecule has 0 saturated carbocycles. The minimum absolute atomic E-state index is 0.122. The Kier molecular flexibility index (Phi) is 1.99. The van der Waals surface area contributed by atoms with Crippen molar-refractivity contribution in [1.29, 1.82) is 0 Å². The molecule has 1 heterocycles. The minimum Gasteiger partial charge on any atom is -0.468 e. The molecular formula is C5H7N3O2. The Morgan fingerprint density at radius 3 is 3.10 bits per heavy atom. The molecule has 0 amide bonds. The second-order valence-corrected chi connectivity index (χ2v) is 1.68. The highest BCUT2D eigenvalue weighted by molar-refractivity contribution is 5.68. The van der Waals surface area contributed by atoms with Crippen LogP contribution in [0.2, 0.25) is 0 Å². The molecule has 0 radical (unpaired) electrons. The van der Waals surface area contributed by atoms with Gasteiger partial charge in [0.05, 0.1) is 13.3 Å². The average Bonchev–Trinajstić information content (AvgIpc) is 2.40. The van der Waals surface area contributed by atoms with Crippen molar-refractivity contribution < 1.29 is 9.53 Å². The van der Waals surface area contributed by atoms with E-state index in [0.29, 0.717) is 0 Å². The van der Waals surface area contributed by atoms with Crippen LogP contribution in [0.5, 0.6) is 0 Å². The summed E-state index contributed by atoms with van der Waals surface area (Å²) in [5, 5.41) is 7.08. The van der Waals surface area contributed by atoms with Crippen molar-refractivity contribution in [2.45, 2.75) is 6.54 Å². The summed E-state index contributed by atoms with van der Waals surface area (Å²) in [6, 6.07) is 0. The second kappa shape index (κ2) is 2.95. The summed E-state index contributed by atoms with van der Waals surface area (Å²) in [5.74, 6) is -0.328. The van der Waals surface area contributed by atoms with E-state index in [1.807, 2.05) is 0 Å². The average molecular weight is 141 g/mol. The van der Waals surface area contributed by atoms with Crippen LogP contribution < -0.4 is 0 Å². The van der Waals surface area contributed by atoms with Gasteiger partial charge < -0.3 is 4.74 Å². The van der Waals surface area contributed by atoms with E-state index in [4.69, 9.17) is 0 Å². The van der Waals surface area contributed by atoms with Crippen LogP contribution in [0.15, 0.2) is 12.4 Å². The first-order valence-corrected chi connectivity index (χ1v) is 2.74. The van der Waals surface area contributed by atoms with Gasteiger partial charge >= 0.3 is 5.97 Å². The molecule has 0 aliphatic rings. The van der Waals surface area contributed by atoms with E-state index in [9.17, 15) is 4.79 Å². The summed E-state index contributed by atoms with van der Waals surface area (Å²) in [6.07, 6.45) is 3.10. The topological polar surface area (TPSA) is 57.0 Å². The van der Waals surface area contributed by atoms with E-state index in [-0.39, 0.29) is 12.5 Å². The van der Waals surface area contributed by atoms with E-state index in [1.165, 1.54) is 18.0 Å². The van der Waals surface area contributed by atoms with Gasteiger partial charge in [0, 0.05) is 6.20 Å². The highest BCUT2D eigenvalue weighted by Crippen LogP contribution is 1.82. The third-order valence-electron chi connectivity index (χ3n) is 0.991. The van der Waals surface area contributed by atoms with Crippen molar-refractivity contribution in [2.75, 3.05) is 7.11 Å². The monoisotopic (exact) mass is 141 g/mol. The van der Waals surface area contributed by atoms with Crippen LogP contribution >= 0.6 is 0 Å². The first-order chi connectivity index (χ1) is 4.83. The predicted molar refractivity (Wildman–Crippen MR) is 32.0 cm³/mol. The molecule has 1 aromatic heterocycles. The molecule has 54 valence electrons. The molecule has 1 aromatic rings. The van der Waals surface area contributed by atoms with Crippen LogP contribution in [0.3, 0.4) is 0 Å². The molecule has 5 heteroatoms. The molecule has 0 aliphatic heterocycles. The third-order valence-corrected chi connectivity index (χ3v) is 0.991. The van der Waals surface area contributed by atoms with Crippen LogP contribution in [0.4, 0.5) is 0 Å². The number of esters is 1. The van der Waals surface area contributed by atoms with Crippen LogP contribution in [0, 0.1) is 0 Å².